The van der Waals surface area contributed by atoms with Gasteiger partial charge in [-0.25, -0.2) is 0 Å². The predicted octanol–water partition coefficient (Wildman–Crippen LogP) is 4.26. The molecule has 0 radical (unpaired) electrons. The van der Waals surface area contributed by atoms with Crippen LogP contribution in [0.5, 0.6) is 5.75 Å². The van der Waals surface area contributed by atoms with Crippen molar-refractivity contribution < 1.29 is 9.53 Å². The molecule has 1 atom stereocenters. The van der Waals surface area contributed by atoms with Gasteiger partial charge in [-0.05, 0) is 23.8 Å². The molecule has 0 bridgehead atoms. The number of ether oxygens (including phenoxy) is 1. The molecule has 1 aliphatic rings. The van der Waals surface area contributed by atoms with Crippen molar-refractivity contribution in [2.45, 2.75) is 11.9 Å². The molecule has 2 heterocycles. The van der Waals surface area contributed by atoms with E-state index in [1.165, 1.54) is 0 Å². The fourth-order valence-corrected chi connectivity index (χ4v) is 4.34. The molecule has 0 saturated carbocycles. The molecule has 1 fully saturated rings. The van der Waals surface area contributed by atoms with E-state index in [0.29, 0.717) is 12.3 Å². The number of carbonyl (C=O) groups excluding carboxylic acids is 1. The van der Waals surface area contributed by atoms with Crippen molar-refractivity contribution in [2.75, 3.05) is 12.9 Å². The minimum atomic E-state index is 0.0505. The molecule has 0 N–H and O–H groups in total. The van der Waals surface area contributed by atoms with Crippen LogP contribution in [0.2, 0.25) is 0 Å². The molecule has 4 nitrogen and oxygen atoms in total. The van der Waals surface area contributed by atoms with Crippen LogP contribution < -0.4 is 4.74 Å². The second kappa shape index (κ2) is 7.30. The average Bonchev–Trinajstić information content (AvgIpc) is 3.30. The summed E-state index contributed by atoms with van der Waals surface area (Å²) in [5.74, 6) is 1.55. The Morgan fingerprint density at radius 3 is 2.77 bits per heavy atom. The molecular formula is C21H20N2O2S. The number of nitrogens with zero attached hydrogens (tertiary/aromatic N) is 2. The zero-order valence-corrected chi connectivity index (χ0v) is 15.4. The summed E-state index contributed by atoms with van der Waals surface area (Å²) in [5.41, 5.74) is 3.33. The fourth-order valence-electron chi connectivity index (χ4n) is 3.17. The van der Waals surface area contributed by atoms with E-state index in [9.17, 15) is 4.79 Å². The molecular weight excluding hydrogens is 344 g/mol. The first-order chi connectivity index (χ1) is 12.7. The lowest BCUT2D eigenvalue weighted by molar-refractivity contribution is -0.128. The van der Waals surface area contributed by atoms with Gasteiger partial charge in [-0.3, -0.25) is 4.79 Å². The Hall–Kier alpha value is -2.66. The van der Waals surface area contributed by atoms with E-state index < -0.39 is 0 Å². The van der Waals surface area contributed by atoms with Crippen molar-refractivity contribution in [1.82, 2.24) is 9.47 Å². The first-order valence-corrected chi connectivity index (χ1v) is 9.57. The summed E-state index contributed by atoms with van der Waals surface area (Å²) in [6.07, 6.45) is 4.14. The number of hydrogen-bond acceptors (Lipinski definition) is 3. The Labute approximate surface area is 157 Å². The lowest BCUT2D eigenvalue weighted by Crippen LogP contribution is -2.27. The number of carbonyl (C=O) groups is 1. The lowest BCUT2D eigenvalue weighted by Gasteiger charge is -2.23. The monoisotopic (exact) mass is 364 g/mol. The summed E-state index contributed by atoms with van der Waals surface area (Å²) in [6, 6.07) is 20.2. The number of hydrogen-bond donors (Lipinski definition) is 0. The Morgan fingerprint density at radius 1 is 1.12 bits per heavy atom. The maximum absolute atomic E-state index is 12.4. The van der Waals surface area contributed by atoms with Crippen LogP contribution in [-0.2, 0) is 11.3 Å². The first kappa shape index (κ1) is 16.8. The number of benzene rings is 2. The van der Waals surface area contributed by atoms with Crippen LogP contribution in [0, 0.1) is 0 Å². The predicted molar refractivity (Wildman–Crippen MR) is 105 cm³/mol. The van der Waals surface area contributed by atoms with Gasteiger partial charge in [0.2, 0.25) is 5.91 Å². The minimum absolute atomic E-state index is 0.0505. The van der Waals surface area contributed by atoms with Crippen molar-refractivity contribution in [2.24, 2.45) is 0 Å². The Balaban J connectivity index is 1.58. The molecule has 0 spiro atoms. The number of methoxy groups -OCH3 is 1. The highest BCUT2D eigenvalue weighted by Crippen LogP contribution is 2.40. The second-order valence-electron chi connectivity index (χ2n) is 6.22. The number of thioether (sulfide) groups is 1. The third-order valence-electron chi connectivity index (χ3n) is 4.52. The van der Waals surface area contributed by atoms with Crippen molar-refractivity contribution in [3.63, 3.8) is 0 Å². The molecule has 1 aromatic heterocycles. The summed E-state index contributed by atoms with van der Waals surface area (Å²) < 4.78 is 7.38. The maximum atomic E-state index is 12.4. The maximum Gasteiger partial charge on any atom is 0.234 e. The van der Waals surface area contributed by atoms with E-state index in [1.807, 2.05) is 53.6 Å². The highest BCUT2D eigenvalue weighted by atomic mass is 32.2. The van der Waals surface area contributed by atoms with Gasteiger partial charge in [0.1, 0.15) is 11.1 Å². The van der Waals surface area contributed by atoms with Gasteiger partial charge in [-0.1, -0.05) is 36.4 Å². The van der Waals surface area contributed by atoms with Crippen molar-refractivity contribution >= 4 is 17.7 Å². The zero-order valence-electron chi connectivity index (χ0n) is 14.5. The highest BCUT2D eigenvalue weighted by molar-refractivity contribution is 8.00. The topological polar surface area (TPSA) is 34.5 Å². The molecule has 1 amide bonds. The Morgan fingerprint density at radius 2 is 1.96 bits per heavy atom. The van der Waals surface area contributed by atoms with Crippen molar-refractivity contribution in [3.05, 3.63) is 84.2 Å². The fraction of sp³-hybridized carbons (Fsp3) is 0.190. The van der Waals surface area contributed by atoms with Gasteiger partial charge in [0.25, 0.3) is 0 Å². The molecule has 132 valence electrons. The molecule has 1 aliphatic heterocycles. The number of rotatable bonds is 5. The van der Waals surface area contributed by atoms with E-state index in [4.69, 9.17) is 4.74 Å². The summed E-state index contributed by atoms with van der Waals surface area (Å²) in [5, 5.41) is 0.0505. The summed E-state index contributed by atoms with van der Waals surface area (Å²) in [4.78, 5) is 14.4. The van der Waals surface area contributed by atoms with E-state index in [2.05, 4.69) is 29.0 Å². The zero-order chi connectivity index (χ0) is 17.9. The van der Waals surface area contributed by atoms with E-state index >= 15 is 0 Å². The van der Waals surface area contributed by atoms with Crippen LogP contribution in [0.3, 0.4) is 0 Å². The Kier molecular flexibility index (Phi) is 4.71. The van der Waals surface area contributed by atoms with Crippen LogP contribution in [0.15, 0.2) is 73.1 Å². The minimum Gasteiger partial charge on any atom is -0.497 e. The third kappa shape index (κ3) is 3.35. The number of aromatic nitrogens is 1. The summed E-state index contributed by atoms with van der Waals surface area (Å²) in [6.45, 7) is 0.641. The van der Waals surface area contributed by atoms with Crippen LogP contribution in [-0.4, -0.2) is 28.2 Å². The largest absolute Gasteiger partial charge is 0.497 e. The van der Waals surface area contributed by atoms with E-state index in [0.717, 1.165) is 22.6 Å². The van der Waals surface area contributed by atoms with E-state index in [1.54, 1.807) is 18.9 Å². The first-order valence-electron chi connectivity index (χ1n) is 8.52. The van der Waals surface area contributed by atoms with Gasteiger partial charge < -0.3 is 14.2 Å². The van der Waals surface area contributed by atoms with E-state index in [-0.39, 0.29) is 11.3 Å². The summed E-state index contributed by atoms with van der Waals surface area (Å²) in [7, 11) is 1.67. The highest BCUT2D eigenvalue weighted by Gasteiger charge is 2.33. The van der Waals surface area contributed by atoms with Crippen molar-refractivity contribution in [3.8, 4) is 11.4 Å². The SMILES string of the molecule is COc1cccc(-n2ccc([C@@H]3SCC(=O)N3Cc3ccccc3)c2)c1. The van der Waals surface area contributed by atoms with Gasteiger partial charge in [0, 0.05) is 36.3 Å². The second-order valence-corrected chi connectivity index (χ2v) is 7.29. The van der Waals surface area contributed by atoms with Gasteiger partial charge in [0.05, 0.1) is 12.9 Å². The molecule has 0 unspecified atom stereocenters. The van der Waals surface area contributed by atoms with Crippen LogP contribution in [0.4, 0.5) is 0 Å². The quantitative estimate of drug-likeness (QED) is 0.678. The smallest absolute Gasteiger partial charge is 0.234 e. The molecule has 4 rings (SSSR count). The molecule has 5 heteroatoms. The van der Waals surface area contributed by atoms with Crippen LogP contribution in [0.25, 0.3) is 5.69 Å². The third-order valence-corrected chi connectivity index (χ3v) is 5.77. The molecule has 3 aromatic rings. The number of amides is 1. The Bertz CT molecular complexity index is 907. The van der Waals surface area contributed by atoms with Gasteiger partial charge in [-0.15, -0.1) is 11.8 Å². The molecule has 26 heavy (non-hydrogen) atoms. The average molecular weight is 364 g/mol. The van der Waals surface area contributed by atoms with Gasteiger partial charge >= 0.3 is 0 Å². The normalized spacial score (nSPS) is 16.9. The standard InChI is InChI=1S/C21H20N2O2S/c1-25-19-9-5-8-18(12-19)22-11-10-17(14-22)21-23(20(24)15-26-21)13-16-6-3-2-4-7-16/h2-12,14,21H,13,15H2,1H3/t21-/m0/s1. The van der Waals surface area contributed by atoms with Gasteiger partial charge in [0.15, 0.2) is 0 Å². The van der Waals surface area contributed by atoms with Gasteiger partial charge in [-0.2, -0.15) is 0 Å². The molecule has 1 saturated heterocycles. The van der Waals surface area contributed by atoms with Crippen LogP contribution in [0.1, 0.15) is 16.5 Å². The molecule has 0 aliphatic carbocycles. The van der Waals surface area contributed by atoms with Crippen LogP contribution >= 0.6 is 11.8 Å². The summed E-state index contributed by atoms with van der Waals surface area (Å²) >= 11 is 1.69. The molecule has 2 aromatic carbocycles. The van der Waals surface area contributed by atoms with Crippen molar-refractivity contribution in [1.29, 1.82) is 0 Å². The lowest BCUT2D eigenvalue weighted by atomic mass is 10.2.